The Hall–Kier alpha value is -2.31. The summed E-state index contributed by atoms with van der Waals surface area (Å²) in [5, 5.41) is 0. The van der Waals surface area contributed by atoms with Gasteiger partial charge in [-0.15, -0.1) is 0 Å². The van der Waals surface area contributed by atoms with Crippen LogP contribution < -0.4 is 4.90 Å². The average molecular weight is 320 g/mol. The molecule has 23 heavy (non-hydrogen) atoms. The number of halogens is 3. The van der Waals surface area contributed by atoms with E-state index < -0.39 is 11.7 Å². The van der Waals surface area contributed by atoms with Crippen LogP contribution in [-0.4, -0.2) is 27.5 Å². The highest BCUT2D eigenvalue weighted by molar-refractivity contribution is 5.83. The Balaban J connectivity index is 1.94. The summed E-state index contributed by atoms with van der Waals surface area (Å²) >= 11 is 0. The minimum atomic E-state index is -4.37. The average Bonchev–Trinajstić information content (AvgIpc) is 3.03. The first-order chi connectivity index (χ1) is 11.0. The number of alkyl halides is 3. The van der Waals surface area contributed by atoms with Crippen molar-refractivity contribution >= 4 is 22.5 Å². The summed E-state index contributed by atoms with van der Waals surface area (Å²) in [5.74, 6) is 0.752. The second kappa shape index (κ2) is 5.11. The van der Waals surface area contributed by atoms with Crippen molar-refractivity contribution in [2.24, 2.45) is 0 Å². The molecule has 1 aliphatic heterocycles. The summed E-state index contributed by atoms with van der Waals surface area (Å²) in [6, 6.07) is 3.65. The van der Waals surface area contributed by atoms with Crippen molar-refractivity contribution in [3.8, 4) is 0 Å². The molecule has 0 amide bonds. The summed E-state index contributed by atoms with van der Waals surface area (Å²) in [6.45, 7) is 1.81. The van der Waals surface area contributed by atoms with Crippen LogP contribution in [0.25, 0.3) is 16.7 Å². The normalized spacial score (nSPS) is 16.4. The van der Waals surface area contributed by atoms with Crippen molar-refractivity contribution in [3.05, 3.63) is 36.2 Å². The Morgan fingerprint density at radius 1 is 1.04 bits per heavy atom. The van der Waals surface area contributed by atoms with Gasteiger partial charge in [-0.05, 0) is 37.5 Å². The summed E-state index contributed by atoms with van der Waals surface area (Å²) in [4.78, 5) is 11.1. The molecule has 0 bridgehead atoms. The Morgan fingerprint density at radius 2 is 1.83 bits per heavy atom. The molecular weight excluding hydrogens is 305 g/mol. The third-order valence-electron chi connectivity index (χ3n) is 4.28. The smallest absolute Gasteiger partial charge is 0.354 e. The molecular formula is C16H15F3N4. The minimum absolute atomic E-state index is 0.424. The molecule has 2 aromatic heterocycles. The van der Waals surface area contributed by atoms with Gasteiger partial charge in [-0.25, -0.2) is 9.97 Å². The van der Waals surface area contributed by atoms with Gasteiger partial charge in [0.1, 0.15) is 0 Å². The zero-order valence-electron chi connectivity index (χ0n) is 12.3. The number of hydrogen-bond acceptors (Lipinski definition) is 3. The zero-order valence-corrected chi connectivity index (χ0v) is 12.3. The van der Waals surface area contributed by atoms with Gasteiger partial charge >= 0.3 is 6.18 Å². The Kier molecular flexibility index (Phi) is 3.18. The predicted molar refractivity (Wildman–Crippen MR) is 81.6 cm³/mol. The molecule has 0 N–H and O–H groups in total. The summed E-state index contributed by atoms with van der Waals surface area (Å²) in [6.07, 6.45) is 2.31. The lowest BCUT2D eigenvalue weighted by atomic mass is 10.1. The van der Waals surface area contributed by atoms with E-state index in [-0.39, 0.29) is 0 Å². The molecule has 0 unspecified atom stereocenters. The van der Waals surface area contributed by atoms with E-state index in [9.17, 15) is 13.2 Å². The van der Waals surface area contributed by atoms with E-state index in [4.69, 9.17) is 0 Å². The number of fused-ring (bicyclic) bond motifs is 3. The van der Waals surface area contributed by atoms with Crippen LogP contribution in [-0.2, 0) is 6.18 Å². The van der Waals surface area contributed by atoms with Crippen molar-refractivity contribution in [3.63, 3.8) is 0 Å². The molecule has 0 radical (unpaired) electrons. The number of hydrogen-bond donors (Lipinski definition) is 0. The van der Waals surface area contributed by atoms with Crippen LogP contribution >= 0.6 is 0 Å². The number of piperidine rings is 1. The van der Waals surface area contributed by atoms with E-state index in [1.54, 1.807) is 16.8 Å². The van der Waals surface area contributed by atoms with E-state index in [2.05, 4.69) is 14.9 Å². The van der Waals surface area contributed by atoms with Crippen molar-refractivity contribution in [1.29, 1.82) is 0 Å². The lowest BCUT2D eigenvalue weighted by molar-refractivity contribution is -0.137. The maximum Gasteiger partial charge on any atom is 0.416 e. The maximum atomic E-state index is 13.0. The third-order valence-corrected chi connectivity index (χ3v) is 4.28. The lowest BCUT2D eigenvalue weighted by Crippen LogP contribution is -2.30. The first-order valence-electron chi connectivity index (χ1n) is 7.63. The van der Waals surface area contributed by atoms with Crippen molar-refractivity contribution < 1.29 is 13.2 Å². The number of nitrogens with zero attached hydrogens (tertiary/aromatic N) is 4. The highest BCUT2D eigenvalue weighted by atomic mass is 19.4. The number of imidazole rings is 1. The highest BCUT2D eigenvalue weighted by Gasteiger charge is 2.31. The molecule has 0 spiro atoms. The van der Waals surface area contributed by atoms with E-state index >= 15 is 0 Å². The van der Waals surface area contributed by atoms with Crippen molar-refractivity contribution in [2.45, 2.75) is 25.4 Å². The van der Waals surface area contributed by atoms with Gasteiger partial charge in [0, 0.05) is 25.5 Å². The molecule has 4 nitrogen and oxygen atoms in total. The maximum absolute atomic E-state index is 13.0. The fraction of sp³-hybridized carbons (Fsp3) is 0.375. The van der Waals surface area contributed by atoms with Crippen LogP contribution in [0.2, 0.25) is 0 Å². The molecule has 7 heteroatoms. The molecule has 1 fully saturated rings. The van der Waals surface area contributed by atoms with Gasteiger partial charge in [0.25, 0.3) is 0 Å². The number of benzene rings is 1. The van der Waals surface area contributed by atoms with Crippen LogP contribution in [0.3, 0.4) is 0 Å². The quantitative estimate of drug-likeness (QED) is 0.682. The molecule has 0 aliphatic carbocycles. The number of aromatic nitrogens is 3. The molecule has 0 atom stereocenters. The molecule has 1 saturated heterocycles. The lowest BCUT2D eigenvalue weighted by Gasteiger charge is -2.28. The van der Waals surface area contributed by atoms with Gasteiger partial charge in [-0.3, -0.25) is 4.40 Å². The van der Waals surface area contributed by atoms with Gasteiger partial charge < -0.3 is 4.90 Å². The van der Waals surface area contributed by atoms with Gasteiger partial charge in [-0.1, -0.05) is 0 Å². The molecule has 1 aliphatic rings. The van der Waals surface area contributed by atoms with Crippen LogP contribution in [0, 0.1) is 0 Å². The van der Waals surface area contributed by atoms with Crippen LogP contribution in [0.15, 0.2) is 30.6 Å². The van der Waals surface area contributed by atoms with Crippen LogP contribution in [0.4, 0.5) is 19.0 Å². The van der Waals surface area contributed by atoms with Crippen molar-refractivity contribution in [1.82, 2.24) is 14.4 Å². The molecule has 3 aromatic rings. The summed E-state index contributed by atoms with van der Waals surface area (Å²) in [5.41, 5.74) is 0.906. The molecule has 4 rings (SSSR count). The number of anilines is 1. The van der Waals surface area contributed by atoms with Crippen LogP contribution in [0.1, 0.15) is 24.8 Å². The topological polar surface area (TPSA) is 33.4 Å². The van der Waals surface area contributed by atoms with E-state index in [0.717, 1.165) is 43.9 Å². The fourth-order valence-corrected chi connectivity index (χ4v) is 3.13. The van der Waals surface area contributed by atoms with Crippen molar-refractivity contribution in [2.75, 3.05) is 18.0 Å². The first-order valence-corrected chi connectivity index (χ1v) is 7.63. The van der Waals surface area contributed by atoms with Gasteiger partial charge in [0.05, 0.1) is 16.6 Å². The van der Waals surface area contributed by atoms with Crippen LogP contribution in [0.5, 0.6) is 0 Å². The summed E-state index contributed by atoms with van der Waals surface area (Å²) in [7, 11) is 0. The monoisotopic (exact) mass is 320 g/mol. The fourth-order valence-electron chi connectivity index (χ4n) is 3.13. The molecule has 0 saturated carbocycles. The molecule has 3 heterocycles. The molecule has 1 aromatic carbocycles. The largest absolute Gasteiger partial charge is 0.416 e. The Bertz CT molecular complexity index is 863. The van der Waals surface area contributed by atoms with Gasteiger partial charge in [0.2, 0.25) is 0 Å². The van der Waals surface area contributed by atoms with E-state index in [1.807, 2.05) is 0 Å². The number of rotatable bonds is 1. The van der Waals surface area contributed by atoms with Gasteiger partial charge in [0.15, 0.2) is 11.5 Å². The zero-order chi connectivity index (χ0) is 16.0. The second-order valence-corrected chi connectivity index (χ2v) is 5.81. The predicted octanol–water partition coefficient (Wildman–Crippen LogP) is 3.89. The molecule has 120 valence electrons. The minimum Gasteiger partial charge on any atom is -0.354 e. The van der Waals surface area contributed by atoms with Gasteiger partial charge in [-0.2, -0.15) is 13.2 Å². The SMILES string of the molecule is FC(F)(F)c1ccc2nc(N3CCCCC3)c3nccn3c2c1. The second-order valence-electron chi connectivity index (χ2n) is 5.81. The Labute approximate surface area is 130 Å². The summed E-state index contributed by atoms with van der Waals surface area (Å²) < 4.78 is 40.6. The van der Waals surface area contributed by atoms with E-state index in [0.29, 0.717) is 16.7 Å². The Morgan fingerprint density at radius 3 is 2.57 bits per heavy atom. The van der Waals surface area contributed by atoms with E-state index in [1.165, 1.54) is 12.5 Å². The third kappa shape index (κ3) is 2.40. The standard InChI is InChI=1S/C16H15F3N4/c17-16(18,19)11-4-5-12-13(10-11)23-9-6-20-14(23)15(21-12)22-7-2-1-3-8-22/h4-6,9-10H,1-3,7-8H2. The highest BCUT2D eigenvalue weighted by Crippen LogP contribution is 2.32. The first kappa shape index (κ1) is 14.3.